The highest BCUT2D eigenvalue weighted by atomic mass is 19.1. The summed E-state index contributed by atoms with van der Waals surface area (Å²) in [6, 6.07) is 11.4. The molecule has 3 rings (SSSR count). The van der Waals surface area contributed by atoms with Gasteiger partial charge in [-0.3, -0.25) is 9.59 Å². The molecule has 0 fully saturated rings. The zero-order valence-electron chi connectivity index (χ0n) is 16.7. The smallest absolute Gasteiger partial charge is 0.258 e. The molecule has 30 heavy (non-hydrogen) atoms. The van der Waals surface area contributed by atoms with Crippen molar-refractivity contribution in [3.8, 4) is 5.75 Å². The normalized spacial score (nSPS) is 11.2. The van der Waals surface area contributed by atoms with Crippen molar-refractivity contribution in [2.45, 2.75) is 6.54 Å². The fourth-order valence-electron chi connectivity index (χ4n) is 2.92. The van der Waals surface area contributed by atoms with E-state index in [2.05, 4.69) is 9.97 Å². The third-order valence-corrected chi connectivity index (χ3v) is 4.47. The number of aromatic amines is 1. The first-order valence-corrected chi connectivity index (χ1v) is 9.29. The SMILES string of the molecule is COCCN(Cc1nc2ccccc2c(=O)[nH]1)C(=O)/C=C/c1ccc(OC)c(F)c1. The fraction of sp³-hybridized carbons (Fsp3) is 0.227. The van der Waals surface area contributed by atoms with Gasteiger partial charge in [0.25, 0.3) is 5.56 Å². The number of hydrogen-bond acceptors (Lipinski definition) is 5. The molecule has 0 atom stereocenters. The van der Waals surface area contributed by atoms with Crippen LogP contribution in [0.25, 0.3) is 17.0 Å². The number of halogens is 1. The first-order chi connectivity index (χ1) is 14.5. The lowest BCUT2D eigenvalue weighted by atomic mass is 10.2. The lowest BCUT2D eigenvalue weighted by Crippen LogP contribution is -2.33. The van der Waals surface area contributed by atoms with E-state index in [9.17, 15) is 14.0 Å². The predicted molar refractivity (Wildman–Crippen MR) is 112 cm³/mol. The summed E-state index contributed by atoms with van der Waals surface area (Å²) in [7, 11) is 2.92. The molecule has 1 aromatic heterocycles. The largest absolute Gasteiger partial charge is 0.494 e. The Kier molecular flexibility index (Phi) is 6.92. The number of ether oxygens (including phenoxy) is 2. The molecule has 156 valence electrons. The van der Waals surface area contributed by atoms with Gasteiger partial charge in [0.05, 0.1) is 31.2 Å². The number of aromatic nitrogens is 2. The van der Waals surface area contributed by atoms with E-state index in [1.807, 2.05) is 0 Å². The van der Waals surface area contributed by atoms with E-state index in [0.29, 0.717) is 35.4 Å². The molecule has 1 N–H and O–H groups in total. The second-order valence-corrected chi connectivity index (χ2v) is 6.51. The van der Waals surface area contributed by atoms with Crippen molar-refractivity contribution in [1.29, 1.82) is 0 Å². The highest BCUT2D eigenvalue weighted by Crippen LogP contribution is 2.18. The summed E-state index contributed by atoms with van der Waals surface area (Å²) in [5, 5.41) is 0.484. The van der Waals surface area contributed by atoms with E-state index in [4.69, 9.17) is 9.47 Å². The van der Waals surface area contributed by atoms with Crippen molar-refractivity contribution in [1.82, 2.24) is 14.9 Å². The van der Waals surface area contributed by atoms with Crippen molar-refractivity contribution < 1.29 is 18.7 Å². The number of hydrogen-bond donors (Lipinski definition) is 1. The molecule has 0 unspecified atom stereocenters. The topological polar surface area (TPSA) is 84.5 Å². The Bertz CT molecular complexity index is 1130. The number of carbonyl (C=O) groups excluding carboxylic acids is 1. The quantitative estimate of drug-likeness (QED) is 0.576. The summed E-state index contributed by atoms with van der Waals surface area (Å²) in [4.78, 5) is 33.7. The maximum atomic E-state index is 13.8. The Balaban J connectivity index is 1.80. The van der Waals surface area contributed by atoms with E-state index in [1.165, 1.54) is 43.4 Å². The number of benzene rings is 2. The molecule has 1 amide bonds. The molecule has 0 bridgehead atoms. The first-order valence-electron chi connectivity index (χ1n) is 9.29. The summed E-state index contributed by atoms with van der Waals surface area (Å²) in [6.45, 7) is 0.714. The van der Waals surface area contributed by atoms with Crippen molar-refractivity contribution in [2.24, 2.45) is 0 Å². The number of fused-ring (bicyclic) bond motifs is 1. The zero-order valence-corrected chi connectivity index (χ0v) is 16.7. The van der Waals surface area contributed by atoms with Crippen LogP contribution < -0.4 is 10.3 Å². The van der Waals surface area contributed by atoms with Crippen LogP contribution in [-0.4, -0.2) is 48.1 Å². The number of rotatable bonds is 8. The van der Waals surface area contributed by atoms with Gasteiger partial charge in [-0.2, -0.15) is 0 Å². The Labute approximate surface area is 172 Å². The number of amides is 1. The summed E-state index contributed by atoms with van der Waals surface area (Å²) in [6.07, 6.45) is 2.86. The van der Waals surface area contributed by atoms with Gasteiger partial charge in [-0.25, -0.2) is 9.37 Å². The van der Waals surface area contributed by atoms with E-state index in [-0.39, 0.29) is 23.8 Å². The third kappa shape index (κ3) is 5.09. The number of carbonyl (C=O) groups is 1. The minimum absolute atomic E-state index is 0.101. The van der Waals surface area contributed by atoms with Crippen LogP contribution in [0.15, 0.2) is 53.3 Å². The number of para-hydroxylation sites is 1. The Hall–Kier alpha value is -3.52. The predicted octanol–water partition coefficient (Wildman–Crippen LogP) is 2.76. The number of nitrogens with zero attached hydrogens (tertiary/aromatic N) is 2. The minimum atomic E-state index is -0.513. The van der Waals surface area contributed by atoms with Crippen molar-refractivity contribution in [2.75, 3.05) is 27.4 Å². The second-order valence-electron chi connectivity index (χ2n) is 6.51. The molecule has 7 nitrogen and oxygen atoms in total. The molecule has 0 radical (unpaired) electrons. The highest BCUT2D eigenvalue weighted by molar-refractivity contribution is 5.91. The van der Waals surface area contributed by atoms with E-state index >= 15 is 0 Å². The molecule has 0 aliphatic rings. The summed E-state index contributed by atoms with van der Waals surface area (Å²) < 4.78 is 23.8. The van der Waals surface area contributed by atoms with Crippen LogP contribution in [0.3, 0.4) is 0 Å². The van der Waals surface area contributed by atoms with Gasteiger partial charge in [-0.15, -0.1) is 0 Å². The molecule has 0 saturated carbocycles. The standard InChI is InChI=1S/C22H22FN3O4/c1-29-12-11-26(14-20-24-18-6-4-3-5-16(18)22(28)25-20)21(27)10-8-15-7-9-19(30-2)17(23)13-15/h3-10,13H,11-12,14H2,1-2H3,(H,24,25,28)/b10-8+. The number of methoxy groups -OCH3 is 2. The molecule has 0 aliphatic carbocycles. The van der Waals surface area contributed by atoms with E-state index in [0.717, 1.165) is 0 Å². The number of H-pyrrole nitrogens is 1. The maximum Gasteiger partial charge on any atom is 0.258 e. The minimum Gasteiger partial charge on any atom is -0.494 e. The molecule has 0 spiro atoms. The fourth-order valence-corrected chi connectivity index (χ4v) is 2.92. The Morgan fingerprint density at radius 2 is 2.03 bits per heavy atom. The molecule has 2 aromatic carbocycles. The van der Waals surface area contributed by atoms with Crippen molar-refractivity contribution in [3.63, 3.8) is 0 Å². The van der Waals surface area contributed by atoms with Gasteiger partial charge in [0.1, 0.15) is 5.82 Å². The van der Waals surface area contributed by atoms with Crippen LogP contribution in [0.5, 0.6) is 5.75 Å². The molecule has 0 saturated heterocycles. The van der Waals surface area contributed by atoms with Gasteiger partial charge in [-0.1, -0.05) is 18.2 Å². The van der Waals surface area contributed by atoms with E-state index < -0.39 is 5.82 Å². The molecule has 3 aromatic rings. The second kappa shape index (κ2) is 9.80. The van der Waals surface area contributed by atoms with E-state index in [1.54, 1.807) is 30.3 Å². The van der Waals surface area contributed by atoms with Crippen LogP contribution in [0.4, 0.5) is 4.39 Å². The zero-order chi connectivity index (χ0) is 21.5. The van der Waals surface area contributed by atoms with Crippen molar-refractivity contribution in [3.05, 3.63) is 76.1 Å². The summed E-state index contributed by atoms with van der Waals surface area (Å²) >= 11 is 0. The third-order valence-electron chi connectivity index (χ3n) is 4.47. The van der Waals surface area contributed by atoms with Crippen LogP contribution in [-0.2, 0) is 16.1 Å². The van der Waals surface area contributed by atoms with Crippen LogP contribution in [0.1, 0.15) is 11.4 Å². The van der Waals surface area contributed by atoms with Crippen LogP contribution in [0, 0.1) is 5.82 Å². The average molecular weight is 411 g/mol. The molecular formula is C22H22FN3O4. The summed E-state index contributed by atoms with van der Waals surface area (Å²) in [5.74, 6) is -0.334. The van der Waals surface area contributed by atoms with Crippen molar-refractivity contribution >= 4 is 22.9 Å². The maximum absolute atomic E-state index is 13.8. The Morgan fingerprint density at radius 3 is 2.77 bits per heavy atom. The monoisotopic (exact) mass is 411 g/mol. The Morgan fingerprint density at radius 1 is 1.23 bits per heavy atom. The lowest BCUT2D eigenvalue weighted by Gasteiger charge is -2.20. The average Bonchev–Trinajstić information content (AvgIpc) is 2.75. The lowest BCUT2D eigenvalue weighted by molar-refractivity contribution is -0.127. The number of nitrogens with one attached hydrogen (secondary N) is 1. The van der Waals surface area contributed by atoms with Gasteiger partial charge >= 0.3 is 0 Å². The molecule has 0 aliphatic heterocycles. The van der Waals surface area contributed by atoms with Gasteiger partial charge in [0.15, 0.2) is 11.6 Å². The highest BCUT2D eigenvalue weighted by Gasteiger charge is 2.14. The molecule has 1 heterocycles. The first kappa shape index (κ1) is 21.2. The van der Waals surface area contributed by atoms with Gasteiger partial charge in [-0.05, 0) is 35.9 Å². The van der Waals surface area contributed by atoms with Gasteiger partial charge in [0.2, 0.25) is 5.91 Å². The molecule has 8 heteroatoms. The van der Waals surface area contributed by atoms with Gasteiger partial charge < -0.3 is 19.4 Å². The molecular weight excluding hydrogens is 389 g/mol. The van der Waals surface area contributed by atoms with Gasteiger partial charge in [0, 0.05) is 19.7 Å². The summed E-state index contributed by atoms with van der Waals surface area (Å²) in [5.41, 5.74) is 0.809. The van der Waals surface area contributed by atoms with Crippen LogP contribution >= 0.6 is 0 Å². The van der Waals surface area contributed by atoms with Crippen LogP contribution in [0.2, 0.25) is 0 Å².